The van der Waals surface area contributed by atoms with E-state index in [1.807, 2.05) is 0 Å². The standard InChI is InChI=1S/C18H18N2O6S/c1-25-17(24)9-13-11-27-18(19-13)20-15(22)10-26-16(23)8-7-14(21)12-5-3-2-4-6-12/h2-6,11H,7-10H2,1H3,(H,19,20,22). The molecule has 0 saturated heterocycles. The van der Waals surface area contributed by atoms with Gasteiger partial charge in [-0.25, -0.2) is 4.98 Å². The van der Waals surface area contributed by atoms with Crippen LogP contribution in [-0.4, -0.2) is 42.3 Å². The third-order valence-electron chi connectivity index (χ3n) is 3.37. The number of Topliss-reactive ketones (excluding diaryl/α,β-unsaturated/α-hetero) is 1. The second-order valence-electron chi connectivity index (χ2n) is 5.39. The van der Waals surface area contributed by atoms with Crippen LogP contribution >= 0.6 is 11.3 Å². The van der Waals surface area contributed by atoms with E-state index in [4.69, 9.17) is 4.74 Å². The quantitative estimate of drug-likeness (QED) is 0.515. The molecular weight excluding hydrogens is 372 g/mol. The Kier molecular flexibility index (Phi) is 7.63. The Hall–Kier alpha value is -3.07. The molecule has 2 rings (SSSR count). The zero-order valence-corrected chi connectivity index (χ0v) is 15.4. The van der Waals surface area contributed by atoms with Crippen LogP contribution in [0.3, 0.4) is 0 Å². The third-order valence-corrected chi connectivity index (χ3v) is 4.17. The monoisotopic (exact) mass is 390 g/mol. The number of carbonyl (C=O) groups excluding carboxylic acids is 4. The highest BCUT2D eigenvalue weighted by Gasteiger charge is 2.13. The van der Waals surface area contributed by atoms with Crippen molar-refractivity contribution in [2.24, 2.45) is 0 Å². The Morgan fingerprint density at radius 2 is 1.81 bits per heavy atom. The van der Waals surface area contributed by atoms with Gasteiger partial charge in [0.15, 0.2) is 17.5 Å². The number of nitrogens with zero attached hydrogens (tertiary/aromatic N) is 1. The molecule has 1 heterocycles. The molecule has 0 saturated carbocycles. The molecule has 142 valence electrons. The summed E-state index contributed by atoms with van der Waals surface area (Å²) >= 11 is 1.14. The molecule has 9 heteroatoms. The highest BCUT2D eigenvalue weighted by Crippen LogP contribution is 2.16. The van der Waals surface area contributed by atoms with Crippen molar-refractivity contribution in [3.63, 3.8) is 0 Å². The van der Waals surface area contributed by atoms with E-state index in [0.29, 0.717) is 11.3 Å². The fraction of sp³-hybridized carbons (Fsp3) is 0.278. The molecular formula is C18H18N2O6S. The van der Waals surface area contributed by atoms with Crippen LogP contribution in [0, 0.1) is 0 Å². The van der Waals surface area contributed by atoms with E-state index in [0.717, 1.165) is 11.3 Å². The summed E-state index contributed by atoms with van der Waals surface area (Å²) in [6, 6.07) is 8.62. The van der Waals surface area contributed by atoms with E-state index in [2.05, 4.69) is 15.0 Å². The van der Waals surface area contributed by atoms with Gasteiger partial charge in [0.25, 0.3) is 5.91 Å². The Bertz CT molecular complexity index is 818. The van der Waals surface area contributed by atoms with Gasteiger partial charge in [0.1, 0.15) is 0 Å². The van der Waals surface area contributed by atoms with E-state index < -0.39 is 24.5 Å². The van der Waals surface area contributed by atoms with Gasteiger partial charge in [0, 0.05) is 17.4 Å². The highest BCUT2D eigenvalue weighted by molar-refractivity contribution is 7.13. The summed E-state index contributed by atoms with van der Waals surface area (Å²) in [4.78, 5) is 50.6. The molecule has 2 aromatic rings. The molecule has 1 N–H and O–H groups in total. The number of ether oxygens (including phenoxy) is 2. The molecule has 1 aromatic carbocycles. The molecule has 0 atom stereocenters. The zero-order chi connectivity index (χ0) is 19.6. The Morgan fingerprint density at radius 3 is 2.52 bits per heavy atom. The lowest BCUT2D eigenvalue weighted by atomic mass is 10.1. The molecule has 0 aliphatic rings. The van der Waals surface area contributed by atoms with Crippen LogP contribution in [0.4, 0.5) is 5.13 Å². The SMILES string of the molecule is COC(=O)Cc1csc(NC(=O)COC(=O)CCC(=O)c2ccccc2)n1. The number of benzene rings is 1. The van der Waals surface area contributed by atoms with Crippen LogP contribution < -0.4 is 5.32 Å². The second-order valence-corrected chi connectivity index (χ2v) is 6.25. The summed E-state index contributed by atoms with van der Waals surface area (Å²) in [6.07, 6.45) is -0.0946. The van der Waals surface area contributed by atoms with E-state index in [1.165, 1.54) is 7.11 Å². The van der Waals surface area contributed by atoms with Crippen molar-refractivity contribution in [1.29, 1.82) is 0 Å². The van der Waals surface area contributed by atoms with Gasteiger partial charge < -0.3 is 9.47 Å². The molecule has 0 fully saturated rings. The van der Waals surface area contributed by atoms with Crippen molar-refractivity contribution in [2.45, 2.75) is 19.3 Å². The molecule has 0 aliphatic heterocycles. The van der Waals surface area contributed by atoms with E-state index >= 15 is 0 Å². The lowest BCUT2D eigenvalue weighted by Crippen LogP contribution is -2.21. The summed E-state index contributed by atoms with van der Waals surface area (Å²) in [5.41, 5.74) is 0.994. The lowest BCUT2D eigenvalue weighted by molar-refractivity contribution is -0.147. The van der Waals surface area contributed by atoms with Crippen LogP contribution in [0.5, 0.6) is 0 Å². The lowest BCUT2D eigenvalue weighted by Gasteiger charge is -2.04. The van der Waals surface area contributed by atoms with Crippen molar-refractivity contribution in [1.82, 2.24) is 4.98 Å². The predicted molar refractivity (Wildman–Crippen MR) is 97.4 cm³/mol. The first-order valence-corrected chi connectivity index (χ1v) is 8.91. The fourth-order valence-corrected chi connectivity index (χ4v) is 2.75. The van der Waals surface area contributed by atoms with Gasteiger partial charge in [-0.1, -0.05) is 30.3 Å². The van der Waals surface area contributed by atoms with Crippen molar-refractivity contribution in [3.05, 3.63) is 47.0 Å². The number of ketones is 1. The maximum atomic E-state index is 11.9. The minimum Gasteiger partial charge on any atom is -0.469 e. The zero-order valence-electron chi connectivity index (χ0n) is 14.6. The number of hydrogen-bond acceptors (Lipinski definition) is 8. The second kappa shape index (κ2) is 10.2. The van der Waals surface area contributed by atoms with Gasteiger partial charge in [-0.2, -0.15) is 0 Å². The molecule has 0 unspecified atom stereocenters. The first-order chi connectivity index (χ1) is 13.0. The number of hydrogen-bond donors (Lipinski definition) is 1. The number of anilines is 1. The van der Waals surface area contributed by atoms with Gasteiger partial charge in [0.05, 0.1) is 25.6 Å². The largest absolute Gasteiger partial charge is 0.469 e. The summed E-state index contributed by atoms with van der Waals surface area (Å²) in [5, 5.41) is 4.38. The van der Waals surface area contributed by atoms with E-state index in [1.54, 1.807) is 35.7 Å². The Balaban J connectivity index is 1.69. The minimum atomic E-state index is -0.639. The van der Waals surface area contributed by atoms with Crippen LogP contribution in [0.15, 0.2) is 35.7 Å². The summed E-state index contributed by atoms with van der Waals surface area (Å²) < 4.78 is 9.38. The van der Waals surface area contributed by atoms with Gasteiger partial charge in [-0.3, -0.25) is 24.5 Å². The van der Waals surface area contributed by atoms with Gasteiger partial charge in [-0.05, 0) is 0 Å². The van der Waals surface area contributed by atoms with Crippen molar-refractivity contribution in [3.8, 4) is 0 Å². The first kappa shape index (κ1) is 20.2. The Labute approximate surface area is 159 Å². The summed E-state index contributed by atoms with van der Waals surface area (Å²) in [6.45, 7) is -0.482. The normalized spacial score (nSPS) is 10.1. The molecule has 8 nitrogen and oxygen atoms in total. The Morgan fingerprint density at radius 1 is 1.07 bits per heavy atom. The van der Waals surface area contributed by atoms with Crippen molar-refractivity contribution < 1.29 is 28.7 Å². The number of carbonyl (C=O) groups is 4. The first-order valence-electron chi connectivity index (χ1n) is 8.03. The molecule has 0 radical (unpaired) electrons. The van der Waals surface area contributed by atoms with Crippen molar-refractivity contribution >= 4 is 40.1 Å². The number of aromatic nitrogens is 1. The van der Waals surface area contributed by atoms with Gasteiger partial charge in [0.2, 0.25) is 0 Å². The summed E-state index contributed by atoms with van der Waals surface area (Å²) in [7, 11) is 1.28. The highest BCUT2D eigenvalue weighted by atomic mass is 32.1. The van der Waals surface area contributed by atoms with Crippen LogP contribution in [0.1, 0.15) is 28.9 Å². The number of nitrogens with one attached hydrogen (secondary N) is 1. The van der Waals surface area contributed by atoms with Gasteiger partial charge >= 0.3 is 11.9 Å². The van der Waals surface area contributed by atoms with Crippen molar-refractivity contribution in [2.75, 3.05) is 19.0 Å². The smallest absolute Gasteiger partial charge is 0.311 e. The predicted octanol–water partition coefficient (Wildman–Crippen LogP) is 2.00. The van der Waals surface area contributed by atoms with Crippen LogP contribution in [0.2, 0.25) is 0 Å². The topological polar surface area (TPSA) is 112 Å². The van der Waals surface area contributed by atoms with Crippen LogP contribution in [-0.2, 0) is 30.3 Å². The number of thiazole rings is 1. The van der Waals surface area contributed by atoms with E-state index in [-0.39, 0.29) is 30.2 Å². The number of amides is 1. The maximum Gasteiger partial charge on any atom is 0.311 e. The average molecular weight is 390 g/mol. The fourth-order valence-electron chi connectivity index (χ4n) is 2.02. The average Bonchev–Trinajstić information content (AvgIpc) is 3.11. The number of methoxy groups -OCH3 is 1. The summed E-state index contributed by atoms with van der Waals surface area (Å²) in [5.74, 6) is -1.80. The number of rotatable bonds is 9. The minimum absolute atomic E-state index is 0.00724. The van der Waals surface area contributed by atoms with Gasteiger partial charge in [-0.15, -0.1) is 11.3 Å². The molecule has 0 aliphatic carbocycles. The van der Waals surface area contributed by atoms with E-state index in [9.17, 15) is 19.2 Å². The maximum absolute atomic E-state index is 11.9. The molecule has 27 heavy (non-hydrogen) atoms. The third kappa shape index (κ3) is 6.98. The van der Waals surface area contributed by atoms with Crippen LogP contribution in [0.25, 0.3) is 0 Å². The molecule has 1 aromatic heterocycles. The molecule has 0 spiro atoms. The molecule has 0 bridgehead atoms. The number of esters is 2. The molecule has 1 amide bonds.